The number of rotatable bonds is 3. The smallest absolute Gasteiger partial charge is 0.201 e. The minimum absolute atomic E-state index is 0.00888. The van der Waals surface area contributed by atoms with E-state index < -0.39 is 0 Å². The number of hydrogen-bond acceptors (Lipinski definition) is 3. The highest BCUT2D eigenvalue weighted by Gasteiger charge is 2.10. The molecule has 0 amide bonds. The molecule has 0 saturated heterocycles. The van der Waals surface area contributed by atoms with Crippen molar-refractivity contribution < 1.29 is 8.81 Å². The van der Waals surface area contributed by atoms with Crippen LogP contribution >= 0.6 is 0 Å². The van der Waals surface area contributed by atoms with Crippen molar-refractivity contribution in [1.29, 1.82) is 0 Å². The molecule has 1 unspecified atom stereocenters. The lowest BCUT2D eigenvalue weighted by atomic mass is 10.2. The van der Waals surface area contributed by atoms with Crippen LogP contribution in [0.5, 0.6) is 0 Å². The molecular formula is C13H12FN3O. The molecule has 0 bridgehead atoms. The van der Waals surface area contributed by atoms with E-state index in [4.69, 9.17) is 4.42 Å². The second-order valence-electron chi connectivity index (χ2n) is 4.13. The van der Waals surface area contributed by atoms with Crippen LogP contribution < -0.4 is 5.32 Å². The summed E-state index contributed by atoms with van der Waals surface area (Å²) < 4.78 is 18.3. The van der Waals surface area contributed by atoms with Crippen molar-refractivity contribution >= 4 is 17.0 Å². The van der Waals surface area contributed by atoms with Crippen LogP contribution in [0.25, 0.3) is 11.0 Å². The minimum Gasteiger partial charge on any atom is -0.467 e. The van der Waals surface area contributed by atoms with Gasteiger partial charge in [0, 0.05) is 0 Å². The summed E-state index contributed by atoms with van der Waals surface area (Å²) in [5.74, 6) is 1.14. The Morgan fingerprint density at radius 1 is 1.39 bits per heavy atom. The Labute approximate surface area is 103 Å². The third-order valence-electron chi connectivity index (χ3n) is 2.77. The standard InChI is InChI=1S/C13H12FN3O/c1-8(12-3-2-6-18-12)15-13-16-10-5-4-9(14)7-11(10)17-13/h2-8H,1H3,(H2,15,16,17). The van der Waals surface area contributed by atoms with Gasteiger partial charge in [0.25, 0.3) is 0 Å². The molecule has 0 saturated carbocycles. The van der Waals surface area contributed by atoms with E-state index in [0.29, 0.717) is 11.5 Å². The summed E-state index contributed by atoms with van der Waals surface area (Å²) in [5, 5.41) is 3.17. The second-order valence-corrected chi connectivity index (χ2v) is 4.13. The third kappa shape index (κ3) is 1.95. The monoisotopic (exact) mass is 245 g/mol. The van der Waals surface area contributed by atoms with Crippen LogP contribution in [-0.4, -0.2) is 9.97 Å². The van der Waals surface area contributed by atoms with Gasteiger partial charge >= 0.3 is 0 Å². The zero-order valence-corrected chi connectivity index (χ0v) is 9.77. The highest BCUT2D eigenvalue weighted by Crippen LogP contribution is 2.20. The predicted molar refractivity (Wildman–Crippen MR) is 66.8 cm³/mol. The normalized spacial score (nSPS) is 12.8. The zero-order chi connectivity index (χ0) is 12.5. The molecule has 0 aliphatic heterocycles. The van der Waals surface area contributed by atoms with Gasteiger partial charge in [0.05, 0.1) is 23.3 Å². The lowest BCUT2D eigenvalue weighted by molar-refractivity contribution is 0.490. The number of aromatic amines is 1. The third-order valence-corrected chi connectivity index (χ3v) is 2.77. The fourth-order valence-corrected chi connectivity index (χ4v) is 1.86. The average molecular weight is 245 g/mol. The number of nitrogens with one attached hydrogen (secondary N) is 2. The Morgan fingerprint density at radius 3 is 3.06 bits per heavy atom. The SMILES string of the molecule is CC(Nc1nc2ccc(F)cc2[nH]1)c1ccco1. The summed E-state index contributed by atoms with van der Waals surface area (Å²) in [5.41, 5.74) is 1.40. The van der Waals surface area contributed by atoms with E-state index in [1.165, 1.54) is 12.1 Å². The van der Waals surface area contributed by atoms with Gasteiger partial charge in [-0.3, -0.25) is 0 Å². The van der Waals surface area contributed by atoms with E-state index in [1.807, 2.05) is 19.1 Å². The summed E-state index contributed by atoms with van der Waals surface area (Å²) in [4.78, 5) is 7.35. The Hall–Kier alpha value is -2.30. The second kappa shape index (κ2) is 4.18. The van der Waals surface area contributed by atoms with Gasteiger partial charge in [0.15, 0.2) is 0 Å². The maximum atomic E-state index is 13.0. The summed E-state index contributed by atoms with van der Waals surface area (Å²) in [6.45, 7) is 1.96. The maximum Gasteiger partial charge on any atom is 0.201 e. The van der Waals surface area contributed by atoms with Gasteiger partial charge in [-0.1, -0.05) is 0 Å². The van der Waals surface area contributed by atoms with Crippen LogP contribution in [0.3, 0.4) is 0 Å². The van der Waals surface area contributed by atoms with Gasteiger partial charge in [-0.05, 0) is 37.3 Å². The molecule has 2 N–H and O–H groups in total. The summed E-state index contributed by atoms with van der Waals surface area (Å²) in [6.07, 6.45) is 1.63. The Balaban J connectivity index is 1.86. The molecule has 1 aromatic carbocycles. The Kier molecular flexibility index (Phi) is 2.51. The Morgan fingerprint density at radius 2 is 2.28 bits per heavy atom. The molecule has 0 aliphatic carbocycles. The molecule has 2 aromatic heterocycles. The van der Waals surface area contributed by atoms with Crippen LogP contribution in [0.4, 0.5) is 10.3 Å². The predicted octanol–water partition coefficient (Wildman–Crippen LogP) is 3.47. The molecule has 0 fully saturated rings. The van der Waals surface area contributed by atoms with Gasteiger partial charge in [0.1, 0.15) is 11.6 Å². The molecule has 2 heterocycles. The number of benzene rings is 1. The number of furan rings is 1. The number of nitrogens with zero attached hydrogens (tertiary/aromatic N) is 1. The number of anilines is 1. The molecule has 1 atom stereocenters. The number of H-pyrrole nitrogens is 1. The molecule has 4 nitrogen and oxygen atoms in total. The van der Waals surface area contributed by atoms with Crippen molar-refractivity contribution in [3.63, 3.8) is 0 Å². The summed E-state index contributed by atoms with van der Waals surface area (Å²) >= 11 is 0. The minimum atomic E-state index is -0.281. The molecule has 5 heteroatoms. The molecule has 3 rings (SSSR count). The largest absolute Gasteiger partial charge is 0.467 e. The van der Waals surface area contributed by atoms with Crippen LogP contribution in [0.15, 0.2) is 41.0 Å². The first-order valence-corrected chi connectivity index (χ1v) is 5.67. The first-order chi connectivity index (χ1) is 8.72. The molecule has 0 aliphatic rings. The van der Waals surface area contributed by atoms with Gasteiger partial charge < -0.3 is 14.7 Å². The van der Waals surface area contributed by atoms with Crippen molar-refractivity contribution in [2.45, 2.75) is 13.0 Å². The number of imidazole rings is 1. The quantitative estimate of drug-likeness (QED) is 0.742. The van der Waals surface area contributed by atoms with Crippen molar-refractivity contribution in [3.8, 4) is 0 Å². The first-order valence-electron chi connectivity index (χ1n) is 5.67. The number of aromatic nitrogens is 2. The van der Waals surface area contributed by atoms with Gasteiger partial charge in [-0.25, -0.2) is 9.37 Å². The molecular weight excluding hydrogens is 233 g/mol. The van der Waals surface area contributed by atoms with E-state index in [9.17, 15) is 4.39 Å². The molecule has 18 heavy (non-hydrogen) atoms. The van der Waals surface area contributed by atoms with Crippen LogP contribution in [0.2, 0.25) is 0 Å². The number of hydrogen-bond donors (Lipinski definition) is 2. The van der Waals surface area contributed by atoms with Gasteiger partial charge in [-0.15, -0.1) is 0 Å². The van der Waals surface area contributed by atoms with E-state index in [1.54, 1.807) is 12.3 Å². The first kappa shape index (κ1) is 10.8. The summed E-state index contributed by atoms with van der Waals surface area (Å²) in [7, 11) is 0. The lowest BCUT2D eigenvalue weighted by Gasteiger charge is -2.09. The lowest BCUT2D eigenvalue weighted by Crippen LogP contribution is -2.06. The van der Waals surface area contributed by atoms with E-state index in [2.05, 4.69) is 15.3 Å². The molecule has 0 spiro atoms. The number of halogens is 1. The van der Waals surface area contributed by atoms with Crippen molar-refractivity contribution in [2.75, 3.05) is 5.32 Å². The zero-order valence-electron chi connectivity index (χ0n) is 9.77. The highest BCUT2D eigenvalue weighted by molar-refractivity contribution is 5.77. The molecule has 3 aromatic rings. The van der Waals surface area contributed by atoms with Crippen LogP contribution in [0.1, 0.15) is 18.7 Å². The topological polar surface area (TPSA) is 53.9 Å². The van der Waals surface area contributed by atoms with Crippen molar-refractivity contribution in [2.24, 2.45) is 0 Å². The average Bonchev–Trinajstić information content (AvgIpc) is 2.95. The van der Waals surface area contributed by atoms with Crippen molar-refractivity contribution in [1.82, 2.24) is 9.97 Å². The van der Waals surface area contributed by atoms with Gasteiger partial charge in [0.2, 0.25) is 5.95 Å². The van der Waals surface area contributed by atoms with Crippen LogP contribution in [-0.2, 0) is 0 Å². The highest BCUT2D eigenvalue weighted by atomic mass is 19.1. The fourth-order valence-electron chi connectivity index (χ4n) is 1.86. The van der Waals surface area contributed by atoms with Gasteiger partial charge in [-0.2, -0.15) is 0 Å². The van der Waals surface area contributed by atoms with E-state index in [-0.39, 0.29) is 11.9 Å². The van der Waals surface area contributed by atoms with E-state index in [0.717, 1.165) is 11.3 Å². The maximum absolute atomic E-state index is 13.0. The molecule has 92 valence electrons. The van der Waals surface area contributed by atoms with Crippen molar-refractivity contribution in [3.05, 3.63) is 48.2 Å². The Bertz CT molecular complexity index is 660. The number of fused-ring (bicyclic) bond motifs is 1. The molecule has 0 radical (unpaired) electrons. The van der Waals surface area contributed by atoms with E-state index >= 15 is 0 Å². The fraction of sp³-hybridized carbons (Fsp3) is 0.154. The summed E-state index contributed by atoms with van der Waals surface area (Å²) in [6, 6.07) is 8.17. The van der Waals surface area contributed by atoms with Crippen LogP contribution in [0, 0.1) is 5.82 Å².